The summed E-state index contributed by atoms with van der Waals surface area (Å²) >= 11 is 2.39. The number of nitrogens with one attached hydrogen (secondary N) is 1. The predicted octanol–water partition coefficient (Wildman–Crippen LogP) is 0.301. The van der Waals surface area contributed by atoms with Crippen molar-refractivity contribution in [3.05, 3.63) is 34.5 Å². The van der Waals surface area contributed by atoms with Crippen molar-refractivity contribution in [3.63, 3.8) is 0 Å². The first-order valence-corrected chi connectivity index (χ1v) is 13.0. The van der Waals surface area contributed by atoms with Gasteiger partial charge in [0.15, 0.2) is 10.8 Å². The van der Waals surface area contributed by atoms with Crippen LogP contribution in [0.4, 0.5) is 5.13 Å². The number of fused-ring (bicyclic) bond motifs is 1. The van der Waals surface area contributed by atoms with Crippen LogP contribution in [0.25, 0.3) is 0 Å². The summed E-state index contributed by atoms with van der Waals surface area (Å²) in [6.07, 6.45) is 1.84. The lowest BCUT2D eigenvalue weighted by atomic mass is 10.0. The molecule has 1 fully saturated rings. The van der Waals surface area contributed by atoms with E-state index >= 15 is 0 Å². The van der Waals surface area contributed by atoms with Crippen LogP contribution >= 0.6 is 23.1 Å². The second kappa shape index (κ2) is 12.6. The topological polar surface area (TPSA) is 189 Å². The van der Waals surface area contributed by atoms with Crippen molar-refractivity contribution < 1.29 is 43.0 Å². The number of β-lactam (4-membered cyclic amide) rings is 1. The summed E-state index contributed by atoms with van der Waals surface area (Å²) < 4.78 is 15.0. The van der Waals surface area contributed by atoms with Gasteiger partial charge in [-0.15, -0.1) is 23.1 Å². The van der Waals surface area contributed by atoms with Gasteiger partial charge in [-0.3, -0.25) is 24.1 Å². The molecule has 0 bridgehead atoms. The summed E-state index contributed by atoms with van der Waals surface area (Å²) in [5.74, 6) is -3.09. The number of rotatable bonds is 10. The highest BCUT2D eigenvalue weighted by Gasteiger charge is 2.54. The highest BCUT2D eigenvalue weighted by Crippen LogP contribution is 2.41. The van der Waals surface area contributed by atoms with Gasteiger partial charge in [0.05, 0.1) is 0 Å². The van der Waals surface area contributed by atoms with E-state index in [9.17, 15) is 24.0 Å². The predicted molar refractivity (Wildman–Crippen MR) is 135 cm³/mol. The van der Waals surface area contributed by atoms with Crippen molar-refractivity contribution in [3.8, 4) is 0 Å². The van der Waals surface area contributed by atoms with E-state index in [1.165, 1.54) is 55.2 Å². The molecule has 2 amide bonds. The number of aromatic nitrogens is 1. The zero-order valence-electron chi connectivity index (χ0n) is 20.8. The smallest absolute Gasteiger partial charge is 0.358 e. The first kappa shape index (κ1) is 28.6. The van der Waals surface area contributed by atoms with Crippen LogP contribution in [-0.2, 0) is 43.0 Å². The van der Waals surface area contributed by atoms with Gasteiger partial charge >= 0.3 is 17.9 Å². The Morgan fingerprint density at radius 1 is 1.29 bits per heavy atom. The summed E-state index contributed by atoms with van der Waals surface area (Å²) in [6.45, 7) is 3.72. The Bertz CT molecular complexity index is 1230. The molecule has 3 atom stereocenters. The zero-order valence-corrected chi connectivity index (χ0v) is 22.4. The maximum atomic E-state index is 13.2. The van der Waals surface area contributed by atoms with Crippen LogP contribution in [0.15, 0.2) is 34.0 Å². The number of carbonyl (C=O) groups is 5. The van der Waals surface area contributed by atoms with Crippen LogP contribution in [-0.4, -0.2) is 82.5 Å². The molecule has 3 rings (SSSR count). The second-order valence-corrected chi connectivity index (χ2v) is 9.71. The quantitative estimate of drug-likeness (QED) is 0.130. The highest BCUT2D eigenvalue weighted by atomic mass is 32.2. The molecule has 0 aromatic carbocycles. The lowest BCUT2D eigenvalue weighted by Gasteiger charge is -2.49. The van der Waals surface area contributed by atoms with Crippen molar-refractivity contribution in [2.45, 2.75) is 38.5 Å². The molecule has 2 aliphatic rings. The number of thiazole rings is 1. The second-order valence-electron chi connectivity index (χ2n) is 7.72. The Morgan fingerprint density at radius 2 is 2.03 bits per heavy atom. The van der Waals surface area contributed by atoms with E-state index in [1.807, 2.05) is 0 Å². The van der Waals surface area contributed by atoms with Gasteiger partial charge in [0.2, 0.25) is 6.29 Å². The number of allylic oxidation sites excluding steroid dienone is 1. The normalized spacial score (nSPS) is 19.8. The van der Waals surface area contributed by atoms with Crippen LogP contribution in [0.2, 0.25) is 0 Å². The third-order valence-corrected chi connectivity index (χ3v) is 6.92. The number of esters is 3. The number of anilines is 1. The van der Waals surface area contributed by atoms with Gasteiger partial charge in [-0.05, 0) is 11.6 Å². The van der Waals surface area contributed by atoms with E-state index in [0.29, 0.717) is 5.57 Å². The number of nitrogens with zero attached hydrogens (tertiary/aromatic N) is 3. The molecular weight excluding hydrogens is 542 g/mol. The van der Waals surface area contributed by atoms with Gasteiger partial charge in [-0.25, -0.2) is 9.78 Å². The summed E-state index contributed by atoms with van der Waals surface area (Å²) in [4.78, 5) is 71.4. The molecule has 1 aromatic heterocycles. The molecule has 14 nitrogen and oxygen atoms in total. The molecule has 0 aliphatic carbocycles. The summed E-state index contributed by atoms with van der Waals surface area (Å²) in [7, 11) is 1.26. The number of ether oxygens (including phenoxy) is 3. The van der Waals surface area contributed by atoms with E-state index in [1.54, 1.807) is 0 Å². The van der Waals surface area contributed by atoms with Crippen molar-refractivity contribution in [1.29, 1.82) is 0 Å². The van der Waals surface area contributed by atoms with Crippen molar-refractivity contribution >= 4 is 63.7 Å². The minimum absolute atomic E-state index is 0.0471. The maximum absolute atomic E-state index is 13.2. The van der Waals surface area contributed by atoms with Crippen LogP contribution in [0, 0.1) is 0 Å². The molecule has 0 radical (unpaired) electrons. The van der Waals surface area contributed by atoms with Crippen LogP contribution in [0.1, 0.15) is 26.5 Å². The lowest BCUT2D eigenvalue weighted by molar-refractivity contribution is -0.182. The summed E-state index contributed by atoms with van der Waals surface area (Å²) in [5.41, 5.74) is 5.98. The number of nitrogens with two attached hydrogens (primary N) is 1. The molecule has 3 heterocycles. The minimum atomic E-state index is -1.21. The van der Waals surface area contributed by atoms with Gasteiger partial charge in [0, 0.05) is 31.9 Å². The lowest BCUT2D eigenvalue weighted by Crippen LogP contribution is -2.71. The number of hydrogen-bond acceptors (Lipinski definition) is 14. The van der Waals surface area contributed by atoms with Gasteiger partial charge in [-0.2, -0.15) is 0 Å². The number of hydrogen-bond donors (Lipinski definition) is 2. The average Bonchev–Trinajstić information content (AvgIpc) is 3.27. The Morgan fingerprint density at radius 3 is 2.63 bits per heavy atom. The van der Waals surface area contributed by atoms with Gasteiger partial charge < -0.3 is 30.1 Å². The first-order chi connectivity index (χ1) is 18.0. The fourth-order valence-electron chi connectivity index (χ4n) is 3.48. The van der Waals surface area contributed by atoms with Crippen LogP contribution < -0.4 is 11.1 Å². The Hall–Kier alpha value is -3.92. The molecule has 0 spiro atoms. The standard InChI is InChI=1S/C22H25N5O9S2/c1-10(28)34-7-5-6-13-8-37-20-16(25-18(30)15(26-33-4)14-9-38-22(23)24-14)19(31)27(20)17(13)21(32)36-12(3)35-11(2)29/h5-6,9,12,16,20H,7-8H2,1-4H3,(H2,23,24)(H,25,30)/b6-5-,26-15-. The average molecular weight is 568 g/mol. The number of oxime groups is 1. The molecule has 2 aliphatic heterocycles. The van der Waals surface area contributed by atoms with Crippen LogP contribution in [0.5, 0.6) is 0 Å². The van der Waals surface area contributed by atoms with Crippen molar-refractivity contribution in [2.24, 2.45) is 5.16 Å². The molecule has 3 N–H and O–H groups in total. The number of amides is 2. The Labute approximate surface area is 225 Å². The molecule has 0 saturated carbocycles. The molecule has 16 heteroatoms. The largest absolute Gasteiger partial charge is 0.462 e. The third-order valence-electron chi connectivity index (χ3n) is 4.95. The molecule has 3 unspecified atom stereocenters. The van der Waals surface area contributed by atoms with E-state index in [2.05, 4.69) is 15.5 Å². The molecule has 204 valence electrons. The van der Waals surface area contributed by atoms with E-state index in [-0.39, 0.29) is 34.6 Å². The number of nitrogen functional groups attached to an aromatic ring is 1. The fraction of sp³-hybridized carbons (Fsp3) is 0.409. The minimum Gasteiger partial charge on any atom is -0.462 e. The zero-order chi connectivity index (χ0) is 28.0. The van der Waals surface area contributed by atoms with E-state index in [4.69, 9.17) is 24.8 Å². The van der Waals surface area contributed by atoms with Crippen molar-refractivity contribution in [2.75, 3.05) is 25.2 Å². The van der Waals surface area contributed by atoms with Crippen molar-refractivity contribution in [1.82, 2.24) is 15.2 Å². The summed E-state index contributed by atoms with van der Waals surface area (Å²) in [5, 5.41) is 7.41. The highest BCUT2D eigenvalue weighted by molar-refractivity contribution is 8.00. The number of thioether (sulfide) groups is 1. The Balaban J connectivity index is 1.82. The molecule has 38 heavy (non-hydrogen) atoms. The van der Waals surface area contributed by atoms with E-state index in [0.717, 1.165) is 18.3 Å². The maximum Gasteiger partial charge on any atom is 0.358 e. The first-order valence-electron chi connectivity index (χ1n) is 11.0. The van der Waals surface area contributed by atoms with Gasteiger partial charge in [0.1, 0.15) is 36.5 Å². The molecule has 1 aromatic rings. The van der Waals surface area contributed by atoms with Gasteiger partial charge in [0.25, 0.3) is 11.8 Å². The SMILES string of the molecule is CO/N=C(\C(=O)NC1C(=O)N2C(C(=O)OC(C)OC(C)=O)=C(/C=C\COC(C)=O)CSC12)c1csc(N)n1. The molecule has 1 saturated heterocycles. The van der Waals surface area contributed by atoms with E-state index < -0.39 is 47.4 Å². The fourth-order valence-corrected chi connectivity index (χ4v) is 5.35. The number of carbonyl (C=O) groups excluding carboxylic acids is 5. The summed E-state index contributed by atoms with van der Waals surface area (Å²) in [6, 6.07) is -0.995. The molecular formula is C22H25N5O9S2. The Kier molecular flexibility index (Phi) is 9.46. The third kappa shape index (κ3) is 6.69. The monoisotopic (exact) mass is 567 g/mol. The van der Waals surface area contributed by atoms with Crippen LogP contribution in [0.3, 0.4) is 0 Å². The van der Waals surface area contributed by atoms with Gasteiger partial charge in [-0.1, -0.05) is 11.2 Å².